The second kappa shape index (κ2) is 7.71. The molecule has 19 heavy (non-hydrogen) atoms. The van der Waals surface area contributed by atoms with Crippen molar-refractivity contribution < 1.29 is 23.8 Å². The second-order valence-electron chi connectivity index (χ2n) is 3.36. The van der Waals surface area contributed by atoms with Crippen molar-refractivity contribution in [3.8, 4) is 5.75 Å². The van der Waals surface area contributed by atoms with Gasteiger partial charge >= 0.3 is 11.9 Å². The minimum absolute atomic E-state index is 0.178. The largest absolute Gasteiger partial charge is 0.466 e. The topological polar surface area (TPSA) is 61.8 Å². The Balaban J connectivity index is 2.47. The van der Waals surface area contributed by atoms with E-state index in [4.69, 9.17) is 4.74 Å². The molecule has 5 nitrogen and oxygen atoms in total. The van der Waals surface area contributed by atoms with Crippen molar-refractivity contribution in [3.63, 3.8) is 0 Å². The number of rotatable bonds is 6. The third kappa shape index (κ3) is 5.54. The summed E-state index contributed by atoms with van der Waals surface area (Å²) in [5.41, 5.74) is 0.820. The van der Waals surface area contributed by atoms with Crippen LogP contribution in [-0.4, -0.2) is 25.8 Å². The molecule has 0 amide bonds. The van der Waals surface area contributed by atoms with E-state index in [0.717, 1.165) is 11.6 Å². The molecule has 1 aromatic carbocycles. The monoisotopic (exact) mass is 262 g/mol. The first-order valence-electron chi connectivity index (χ1n) is 5.44. The molecule has 0 spiro atoms. The summed E-state index contributed by atoms with van der Waals surface area (Å²) in [4.78, 5) is 21.7. The van der Waals surface area contributed by atoms with Crippen molar-refractivity contribution >= 4 is 18.0 Å². The third-order valence-corrected chi connectivity index (χ3v) is 2.09. The zero-order valence-electron chi connectivity index (χ0n) is 10.5. The number of hydrogen-bond acceptors (Lipinski definition) is 5. The van der Waals surface area contributed by atoms with E-state index in [1.807, 2.05) is 0 Å². The zero-order valence-corrected chi connectivity index (χ0v) is 10.5. The Labute approximate surface area is 111 Å². The highest BCUT2D eigenvalue weighted by Gasteiger charge is 1.97. The van der Waals surface area contributed by atoms with Crippen molar-refractivity contribution in [2.24, 2.45) is 0 Å². The fourth-order valence-corrected chi connectivity index (χ4v) is 1.12. The Morgan fingerprint density at radius 2 is 1.89 bits per heavy atom. The summed E-state index contributed by atoms with van der Waals surface area (Å²) in [6.07, 6.45) is 4.00. The van der Waals surface area contributed by atoms with Gasteiger partial charge in [0.25, 0.3) is 0 Å². The van der Waals surface area contributed by atoms with E-state index >= 15 is 0 Å². The molecule has 0 atom stereocenters. The second-order valence-corrected chi connectivity index (χ2v) is 3.36. The number of benzene rings is 1. The van der Waals surface area contributed by atoms with Crippen LogP contribution >= 0.6 is 0 Å². The van der Waals surface area contributed by atoms with Gasteiger partial charge in [0.2, 0.25) is 6.79 Å². The van der Waals surface area contributed by atoms with E-state index < -0.39 is 11.9 Å². The van der Waals surface area contributed by atoms with E-state index in [1.54, 1.807) is 30.3 Å². The number of carbonyl (C=O) groups is 2. The molecule has 0 aromatic heterocycles. The van der Waals surface area contributed by atoms with Gasteiger partial charge in [0.15, 0.2) is 0 Å². The van der Waals surface area contributed by atoms with Crippen LogP contribution in [0.3, 0.4) is 0 Å². The molecular formula is C14H14O5. The molecule has 0 unspecified atom stereocenters. The molecule has 0 N–H and O–H groups in total. The molecule has 100 valence electrons. The first kappa shape index (κ1) is 14.5. The molecule has 0 heterocycles. The van der Waals surface area contributed by atoms with E-state index in [9.17, 15) is 9.59 Å². The quantitative estimate of drug-likeness (QED) is 0.445. The summed E-state index contributed by atoms with van der Waals surface area (Å²) in [6, 6.07) is 6.89. The average molecular weight is 262 g/mol. The van der Waals surface area contributed by atoms with Gasteiger partial charge in [-0.2, -0.15) is 0 Å². The Kier molecular flexibility index (Phi) is 5.88. The molecule has 0 fully saturated rings. The molecule has 5 heteroatoms. The molecule has 0 saturated carbocycles. The van der Waals surface area contributed by atoms with Crippen LogP contribution in [0.5, 0.6) is 5.75 Å². The van der Waals surface area contributed by atoms with Gasteiger partial charge in [-0.15, -0.1) is 0 Å². The smallest absolute Gasteiger partial charge is 0.333 e. The number of hydrogen-bond donors (Lipinski definition) is 0. The van der Waals surface area contributed by atoms with Gasteiger partial charge in [-0.05, 0) is 23.8 Å². The van der Waals surface area contributed by atoms with Crippen molar-refractivity contribution in [2.75, 3.05) is 13.9 Å². The zero-order chi connectivity index (χ0) is 14.1. The maximum absolute atomic E-state index is 10.9. The number of esters is 2. The summed E-state index contributed by atoms with van der Waals surface area (Å²) in [5, 5.41) is 0. The standard InChI is InChI=1S/C14H14O5/c1-3-13(15)19-10-18-12-7-4-11(5-8-12)6-9-14(16)17-2/h3-9H,1,10H2,2H3/b9-6+. The van der Waals surface area contributed by atoms with Crippen LogP contribution in [-0.2, 0) is 19.1 Å². The van der Waals surface area contributed by atoms with Gasteiger partial charge in [0.1, 0.15) is 5.75 Å². The predicted octanol–water partition coefficient (Wildman–Crippen LogP) is 1.94. The highest BCUT2D eigenvalue weighted by Crippen LogP contribution is 2.13. The van der Waals surface area contributed by atoms with E-state index in [0.29, 0.717) is 5.75 Å². The molecule has 0 aliphatic heterocycles. The Hall–Kier alpha value is -2.56. The normalized spacial score (nSPS) is 9.95. The van der Waals surface area contributed by atoms with Crippen LogP contribution < -0.4 is 4.74 Å². The lowest BCUT2D eigenvalue weighted by molar-refractivity contribution is -0.144. The van der Waals surface area contributed by atoms with Crippen LogP contribution in [0, 0.1) is 0 Å². The summed E-state index contributed by atoms with van der Waals surface area (Å²) in [6.45, 7) is 3.09. The first-order chi connectivity index (χ1) is 9.15. The number of ether oxygens (including phenoxy) is 3. The van der Waals surface area contributed by atoms with E-state index in [1.165, 1.54) is 13.2 Å². The third-order valence-electron chi connectivity index (χ3n) is 2.09. The van der Waals surface area contributed by atoms with E-state index in [2.05, 4.69) is 16.1 Å². The molecule has 0 bridgehead atoms. The maximum Gasteiger partial charge on any atom is 0.333 e. The fraction of sp³-hybridized carbons (Fsp3) is 0.143. The Morgan fingerprint density at radius 1 is 1.21 bits per heavy atom. The van der Waals surface area contributed by atoms with Gasteiger partial charge in [0.05, 0.1) is 7.11 Å². The predicted molar refractivity (Wildman–Crippen MR) is 69.3 cm³/mol. The summed E-state index contributed by atoms with van der Waals surface area (Å²) in [5.74, 6) is -0.415. The first-order valence-corrected chi connectivity index (χ1v) is 5.44. The molecular weight excluding hydrogens is 248 g/mol. The van der Waals surface area contributed by atoms with Crippen LogP contribution in [0.25, 0.3) is 6.08 Å². The van der Waals surface area contributed by atoms with Crippen LogP contribution in [0.1, 0.15) is 5.56 Å². The van der Waals surface area contributed by atoms with Crippen LogP contribution in [0.4, 0.5) is 0 Å². The number of carbonyl (C=O) groups excluding carboxylic acids is 2. The molecule has 0 aliphatic carbocycles. The van der Waals surface area contributed by atoms with Crippen molar-refractivity contribution in [1.29, 1.82) is 0 Å². The number of methoxy groups -OCH3 is 1. The summed E-state index contributed by atoms with van der Waals surface area (Å²) in [7, 11) is 1.31. The van der Waals surface area contributed by atoms with Crippen molar-refractivity contribution in [3.05, 3.63) is 48.6 Å². The van der Waals surface area contributed by atoms with Gasteiger partial charge in [-0.1, -0.05) is 18.7 Å². The van der Waals surface area contributed by atoms with Crippen LogP contribution in [0.15, 0.2) is 43.0 Å². The van der Waals surface area contributed by atoms with Gasteiger partial charge in [-0.25, -0.2) is 9.59 Å². The highest BCUT2D eigenvalue weighted by atomic mass is 16.7. The molecule has 0 saturated heterocycles. The highest BCUT2D eigenvalue weighted by molar-refractivity contribution is 5.86. The summed E-state index contributed by atoms with van der Waals surface area (Å²) >= 11 is 0. The Bertz CT molecular complexity index is 473. The van der Waals surface area contributed by atoms with Gasteiger partial charge in [-0.3, -0.25) is 0 Å². The lowest BCUT2D eigenvalue weighted by Gasteiger charge is -2.05. The lowest BCUT2D eigenvalue weighted by atomic mass is 10.2. The van der Waals surface area contributed by atoms with Crippen LogP contribution in [0.2, 0.25) is 0 Å². The van der Waals surface area contributed by atoms with Crippen molar-refractivity contribution in [1.82, 2.24) is 0 Å². The molecule has 0 aliphatic rings. The molecule has 0 radical (unpaired) electrons. The minimum atomic E-state index is -0.544. The average Bonchev–Trinajstić information content (AvgIpc) is 2.45. The van der Waals surface area contributed by atoms with Gasteiger partial charge < -0.3 is 14.2 Å². The Morgan fingerprint density at radius 3 is 2.47 bits per heavy atom. The molecule has 1 aromatic rings. The maximum atomic E-state index is 10.9. The van der Waals surface area contributed by atoms with Crippen molar-refractivity contribution in [2.45, 2.75) is 0 Å². The van der Waals surface area contributed by atoms with Gasteiger partial charge in [0, 0.05) is 12.2 Å². The SMILES string of the molecule is C=CC(=O)OCOc1ccc(/C=C/C(=O)OC)cc1. The minimum Gasteiger partial charge on any atom is -0.466 e. The molecule has 1 rings (SSSR count). The summed E-state index contributed by atoms with van der Waals surface area (Å²) < 4.78 is 14.3. The van der Waals surface area contributed by atoms with E-state index in [-0.39, 0.29) is 6.79 Å². The fourth-order valence-electron chi connectivity index (χ4n) is 1.12. The lowest BCUT2D eigenvalue weighted by Crippen LogP contribution is -2.07.